The number of benzene rings is 1. The number of aliphatic imine (C=N–C) groups is 1. The summed E-state index contributed by atoms with van der Waals surface area (Å²) < 4.78 is 10.6. The summed E-state index contributed by atoms with van der Waals surface area (Å²) in [5, 5.41) is 10.3. The van der Waals surface area contributed by atoms with Crippen LogP contribution in [0.5, 0.6) is 11.5 Å². The average Bonchev–Trinajstić information content (AvgIpc) is 2.95. The maximum absolute atomic E-state index is 9.52. The lowest BCUT2D eigenvalue weighted by Gasteiger charge is -2.17. The molecule has 1 heterocycles. The number of methoxy groups -OCH3 is 2. The molecule has 0 fully saturated rings. The summed E-state index contributed by atoms with van der Waals surface area (Å²) in [6.45, 7) is 2.27. The van der Waals surface area contributed by atoms with Gasteiger partial charge >= 0.3 is 0 Å². The Bertz CT molecular complexity index is 818. The maximum Gasteiger partial charge on any atom is 0.161 e. The molecule has 1 aliphatic rings. The minimum absolute atomic E-state index is 0.668. The van der Waals surface area contributed by atoms with Gasteiger partial charge in [0.1, 0.15) is 11.1 Å². The Kier molecular flexibility index (Phi) is 4.86. The molecule has 1 aliphatic carbocycles. The normalized spacial score (nSPS) is 16.7. The van der Waals surface area contributed by atoms with Gasteiger partial charge in [-0.15, -0.1) is 11.3 Å². The van der Waals surface area contributed by atoms with Crippen LogP contribution in [0.2, 0.25) is 0 Å². The molecule has 0 saturated heterocycles. The van der Waals surface area contributed by atoms with Crippen molar-refractivity contribution < 1.29 is 9.47 Å². The Morgan fingerprint density at radius 1 is 1.29 bits per heavy atom. The largest absolute Gasteiger partial charge is 0.493 e. The molecule has 0 saturated carbocycles. The molecular formula is C19H20N2O2S. The number of nitrogens with zero attached hydrogens (tertiary/aromatic N) is 2. The Morgan fingerprint density at radius 3 is 2.79 bits per heavy atom. The first-order valence-corrected chi connectivity index (χ1v) is 8.78. The van der Waals surface area contributed by atoms with Crippen molar-refractivity contribution in [2.45, 2.75) is 26.2 Å². The Hall–Kier alpha value is -2.32. The van der Waals surface area contributed by atoms with E-state index < -0.39 is 0 Å². The molecule has 1 aromatic heterocycles. The molecule has 0 spiro atoms. The molecule has 4 nitrogen and oxygen atoms in total. The van der Waals surface area contributed by atoms with Crippen molar-refractivity contribution in [2.75, 3.05) is 14.2 Å². The predicted octanol–water partition coefficient (Wildman–Crippen LogP) is 4.51. The maximum atomic E-state index is 9.52. The van der Waals surface area contributed by atoms with Gasteiger partial charge in [0, 0.05) is 11.1 Å². The van der Waals surface area contributed by atoms with E-state index in [1.165, 1.54) is 10.4 Å². The van der Waals surface area contributed by atoms with Crippen molar-refractivity contribution in [3.05, 3.63) is 39.8 Å². The van der Waals surface area contributed by atoms with E-state index >= 15 is 0 Å². The van der Waals surface area contributed by atoms with Gasteiger partial charge in [-0.2, -0.15) is 5.26 Å². The zero-order valence-electron chi connectivity index (χ0n) is 14.1. The highest BCUT2D eigenvalue weighted by Gasteiger charge is 2.23. The van der Waals surface area contributed by atoms with Gasteiger partial charge in [-0.25, -0.2) is 4.99 Å². The summed E-state index contributed by atoms with van der Waals surface area (Å²) in [5.41, 5.74) is 2.87. The minimum atomic E-state index is 0.668. The van der Waals surface area contributed by atoms with Gasteiger partial charge in [-0.05, 0) is 54.5 Å². The summed E-state index contributed by atoms with van der Waals surface area (Å²) in [5.74, 6) is 2.04. The molecular weight excluding hydrogens is 320 g/mol. The van der Waals surface area contributed by atoms with Crippen molar-refractivity contribution in [3.63, 3.8) is 0 Å². The van der Waals surface area contributed by atoms with Gasteiger partial charge in [0.2, 0.25) is 0 Å². The molecule has 3 rings (SSSR count). The first-order chi connectivity index (χ1) is 11.7. The second-order valence-electron chi connectivity index (χ2n) is 6.02. The third kappa shape index (κ3) is 3.15. The minimum Gasteiger partial charge on any atom is -0.493 e. The van der Waals surface area contributed by atoms with Gasteiger partial charge in [0.05, 0.1) is 19.8 Å². The van der Waals surface area contributed by atoms with Crippen molar-refractivity contribution in [3.8, 4) is 17.6 Å². The fourth-order valence-corrected chi connectivity index (χ4v) is 4.31. The summed E-state index contributed by atoms with van der Waals surface area (Å²) >= 11 is 1.65. The molecule has 0 radical (unpaired) electrons. The highest BCUT2D eigenvalue weighted by Crippen LogP contribution is 2.40. The third-order valence-corrected chi connectivity index (χ3v) is 5.51. The number of hydrogen-bond donors (Lipinski definition) is 0. The average molecular weight is 340 g/mol. The molecule has 0 N–H and O–H groups in total. The fraction of sp³-hybridized carbons (Fsp3) is 0.368. The summed E-state index contributed by atoms with van der Waals surface area (Å²) in [7, 11) is 3.23. The highest BCUT2D eigenvalue weighted by atomic mass is 32.1. The van der Waals surface area contributed by atoms with E-state index in [1.807, 2.05) is 18.2 Å². The van der Waals surface area contributed by atoms with Crippen LogP contribution in [0, 0.1) is 17.2 Å². The zero-order chi connectivity index (χ0) is 17.1. The molecule has 0 bridgehead atoms. The third-order valence-electron chi connectivity index (χ3n) is 4.34. The van der Waals surface area contributed by atoms with E-state index in [9.17, 15) is 5.26 Å². The molecule has 0 amide bonds. The summed E-state index contributed by atoms with van der Waals surface area (Å²) in [6, 6.07) is 8.00. The molecule has 1 atom stereocenters. The van der Waals surface area contributed by atoms with Crippen LogP contribution in [0.4, 0.5) is 5.00 Å². The summed E-state index contributed by atoms with van der Waals surface area (Å²) in [4.78, 5) is 5.91. The first kappa shape index (κ1) is 16.5. The monoisotopic (exact) mass is 340 g/mol. The number of hydrogen-bond acceptors (Lipinski definition) is 5. The van der Waals surface area contributed by atoms with Crippen LogP contribution in [0.15, 0.2) is 23.2 Å². The van der Waals surface area contributed by atoms with Crippen LogP contribution in [0.1, 0.15) is 34.9 Å². The van der Waals surface area contributed by atoms with E-state index in [1.54, 1.807) is 31.8 Å². The fourth-order valence-electron chi connectivity index (χ4n) is 3.01. The van der Waals surface area contributed by atoms with E-state index in [-0.39, 0.29) is 0 Å². The second-order valence-corrected chi connectivity index (χ2v) is 7.10. The molecule has 1 aromatic carbocycles. The second kappa shape index (κ2) is 7.06. The molecule has 1 unspecified atom stereocenters. The van der Waals surface area contributed by atoms with Crippen LogP contribution in [0.25, 0.3) is 0 Å². The Morgan fingerprint density at radius 2 is 2.08 bits per heavy atom. The van der Waals surface area contributed by atoms with Crippen LogP contribution in [0.3, 0.4) is 0 Å². The SMILES string of the molecule is COc1ccc(/C=N/c2sc3c(c2C#N)CCC(C)C3)cc1OC. The van der Waals surface area contributed by atoms with Crippen molar-refractivity contribution >= 4 is 22.6 Å². The lowest BCUT2D eigenvalue weighted by Crippen LogP contribution is -2.09. The molecule has 124 valence electrons. The van der Waals surface area contributed by atoms with Crippen molar-refractivity contribution in [2.24, 2.45) is 10.9 Å². The van der Waals surface area contributed by atoms with Crippen LogP contribution < -0.4 is 9.47 Å². The van der Waals surface area contributed by atoms with Gasteiger partial charge in [0.15, 0.2) is 11.5 Å². The summed E-state index contributed by atoms with van der Waals surface area (Å²) in [6.07, 6.45) is 4.98. The van der Waals surface area contributed by atoms with Crippen molar-refractivity contribution in [1.82, 2.24) is 0 Å². The van der Waals surface area contributed by atoms with E-state index in [4.69, 9.17) is 9.47 Å². The van der Waals surface area contributed by atoms with Gasteiger partial charge in [-0.1, -0.05) is 6.92 Å². The van der Waals surface area contributed by atoms with Crippen LogP contribution >= 0.6 is 11.3 Å². The smallest absolute Gasteiger partial charge is 0.161 e. The van der Waals surface area contributed by atoms with E-state index in [0.717, 1.165) is 35.4 Å². The van der Waals surface area contributed by atoms with E-state index in [2.05, 4.69) is 18.0 Å². The highest BCUT2D eigenvalue weighted by molar-refractivity contribution is 7.16. The van der Waals surface area contributed by atoms with Crippen molar-refractivity contribution in [1.29, 1.82) is 5.26 Å². The Balaban J connectivity index is 1.91. The van der Waals surface area contributed by atoms with Gasteiger partial charge in [-0.3, -0.25) is 0 Å². The van der Waals surface area contributed by atoms with Gasteiger partial charge in [0.25, 0.3) is 0 Å². The first-order valence-electron chi connectivity index (χ1n) is 7.97. The molecule has 5 heteroatoms. The number of nitriles is 1. The quantitative estimate of drug-likeness (QED) is 0.769. The number of thiophene rings is 1. The van der Waals surface area contributed by atoms with Gasteiger partial charge < -0.3 is 9.47 Å². The lowest BCUT2D eigenvalue weighted by molar-refractivity contribution is 0.355. The topological polar surface area (TPSA) is 54.6 Å². The van der Waals surface area contributed by atoms with E-state index in [0.29, 0.717) is 17.4 Å². The lowest BCUT2D eigenvalue weighted by atomic mass is 9.89. The zero-order valence-corrected chi connectivity index (χ0v) is 14.9. The molecule has 2 aromatic rings. The Labute approximate surface area is 146 Å². The molecule has 24 heavy (non-hydrogen) atoms. The number of fused-ring (bicyclic) bond motifs is 1. The van der Waals surface area contributed by atoms with Crippen LogP contribution in [-0.4, -0.2) is 20.4 Å². The predicted molar refractivity (Wildman–Crippen MR) is 97.0 cm³/mol. The standard InChI is InChI=1S/C19H20N2O2S/c1-12-4-6-14-15(10-20)19(24-18(14)8-12)21-11-13-5-7-16(22-2)17(9-13)23-3/h5,7,9,11-12H,4,6,8H2,1-3H3/b21-11+. The number of rotatable bonds is 4. The number of ether oxygens (including phenoxy) is 2. The molecule has 0 aliphatic heterocycles. The van der Waals surface area contributed by atoms with Crippen LogP contribution in [-0.2, 0) is 12.8 Å².